The maximum Gasteiger partial charge on any atom is 0.255 e. The molecule has 1 fully saturated rings. The fraction of sp³-hybridized carbons (Fsp3) is 0.121. The van der Waals surface area contributed by atoms with E-state index in [1.165, 1.54) is 6.08 Å². The summed E-state index contributed by atoms with van der Waals surface area (Å²) in [4.78, 5) is 44.0. The third-order valence-electron chi connectivity index (χ3n) is 7.64. The van der Waals surface area contributed by atoms with E-state index in [2.05, 4.69) is 5.32 Å². The van der Waals surface area contributed by atoms with Crippen LogP contribution in [0.25, 0.3) is 6.08 Å². The number of rotatable bonds is 5. The van der Waals surface area contributed by atoms with Gasteiger partial charge in [-0.3, -0.25) is 14.4 Å². The van der Waals surface area contributed by atoms with Crippen molar-refractivity contribution >= 4 is 29.4 Å². The van der Waals surface area contributed by atoms with E-state index in [1.807, 2.05) is 103 Å². The number of benzene rings is 4. The van der Waals surface area contributed by atoms with Gasteiger partial charge in [-0.15, -0.1) is 0 Å². The molecule has 0 bridgehead atoms. The van der Waals surface area contributed by atoms with E-state index in [9.17, 15) is 14.4 Å². The molecule has 2 aliphatic rings. The highest BCUT2D eigenvalue weighted by Gasteiger charge is 2.66. The Kier molecular flexibility index (Phi) is 5.97. The summed E-state index contributed by atoms with van der Waals surface area (Å²) in [5.41, 5.74) is 2.11. The van der Waals surface area contributed by atoms with Gasteiger partial charge in [-0.1, -0.05) is 109 Å². The van der Waals surface area contributed by atoms with Crippen LogP contribution in [0, 0.1) is 5.92 Å². The first-order valence-corrected chi connectivity index (χ1v) is 12.7. The Morgan fingerprint density at radius 1 is 0.789 bits per heavy atom. The number of carbonyl (C=O) groups excluding carboxylic acids is 3. The van der Waals surface area contributed by atoms with Crippen molar-refractivity contribution < 1.29 is 14.4 Å². The molecule has 0 radical (unpaired) electrons. The third-order valence-corrected chi connectivity index (χ3v) is 7.64. The second-order valence-corrected chi connectivity index (χ2v) is 9.68. The Labute approximate surface area is 221 Å². The highest BCUT2D eigenvalue weighted by Crippen LogP contribution is 2.56. The first-order chi connectivity index (χ1) is 18.6. The van der Waals surface area contributed by atoms with E-state index >= 15 is 0 Å². The van der Waals surface area contributed by atoms with E-state index in [0.29, 0.717) is 16.8 Å². The summed E-state index contributed by atoms with van der Waals surface area (Å²) in [5.74, 6) is -2.02. The van der Waals surface area contributed by atoms with Gasteiger partial charge in [0.05, 0.1) is 5.92 Å². The van der Waals surface area contributed by atoms with E-state index < -0.39 is 11.5 Å². The van der Waals surface area contributed by atoms with Gasteiger partial charge in [-0.05, 0) is 23.3 Å². The monoisotopic (exact) mass is 498 g/mol. The lowest BCUT2D eigenvalue weighted by Gasteiger charge is -2.37. The minimum Gasteiger partial charge on any atom is -0.323 e. The van der Waals surface area contributed by atoms with Crippen molar-refractivity contribution in [3.8, 4) is 0 Å². The SMILES string of the molecule is O=C(c1ccccc1)C1C(c2ccccc2)CN(C(=O)C=Cc2ccccc2)C12C(=O)Nc1ccccc12. The minimum atomic E-state index is -1.48. The van der Waals surface area contributed by atoms with Gasteiger partial charge < -0.3 is 10.2 Å². The van der Waals surface area contributed by atoms with Crippen LogP contribution in [0.3, 0.4) is 0 Å². The summed E-state index contributed by atoms with van der Waals surface area (Å²) in [5, 5.41) is 2.99. The Bertz CT molecular complexity index is 1530. The molecule has 3 unspecified atom stereocenters. The van der Waals surface area contributed by atoms with Crippen molar-refractivity contribution in [3.05, 3.63) is 144 Å². The fourth-order valence-corrected chi connectivity index (χ4v) is 5.98. The van der Waals surface area contributed by atoms with Gasteiger partial charge in [-0.2, -0.15) is 0 Å². The molecule has 38 heavy (non-hydrogen) atoms. The van der Waals surface area contributed by atoms with Crippen molar-refractivity contribution in [3.63, 3.8) is 0 Å². The molecule has 1 saturated heterocycles. The predicted octanol–water partition coefficient (Wildman–Crippen LogP) is 5.67. The largest absolute Gasteiger partial charge is 0.323 e. The number of nitrogens with zero attached hydrogens (tertiary/aromatic N) is 1. The van der Waals surface area contributed by atoms with E-state index in [4.69, 9.17) is 0 Å². The van der Waals surface area contributed by atoms with Crippen LogP contribution in [0.1, 0.15) is 33.0 Å². The summed E-state index contributed by atoms with van der Waals surface area (Å²) in [6.07, 6.45) is 3.25. The Hall–Kier alpha value is -4.77. The Balaban J connectivity index is 1.55. The highest BCUT2D eigenvalue weighted by atomic mass is 16.2. The second kappa shape index (κ2) is 9.60. The van der Waals surface area contributed by atoms with Gasteiger partial charge in [0.1, 0.15) is 0 Å². The lowest BCUT2D eigenvalue weighted by atomic mass is 9.70. The lowest BCUT2D eigenvalue weighted by Crippen LogP contribution is -2.54. The molecular weight excluding hydrogens is 472 g/mol. The van der Waals surface area contributed by atoms with Crippen LogP contribution >= 0.6 is 0 Å². The van der Waals surface area contributed by atoms with Gasteiger partial charge in [-0.25, -0.2) is 0 Å². The summed E-state index contributed by atoms with van der Waals surface area (Å²) < 4.78 is 0. The standard InChI is InChI=1S/C33H26N2O3/c36-29(21-20-23-12-4-1-5-13-23)35-22-26(24-14-6-2-7-15-24)30(31(37)25-16-8-3-9-17-25)33(35)27-18-10-11-19-28(27)34-32(33)38/h1-21,26,30H,22H2,(H,34,38). The number of hydrogen-bond acceptors (Lipinski definition) is 3. The zero-order valence-electron chi connectivity index (χ0n) is 20.7. The third kappa shape index (κ3) is 3.75. The van der Waals surface area contributed by atoms with Gasteiger partial charge in [0.15, 0.2) is 11.3 Å². The smallest absolute Gasteiger partial charge is 0.255 e. The van der Waals surface area contributed by atoms with Crippen LogP contribution in [0.4, 0.5) is 5.69 Å². The maximum atomic E-state index is 14.4. The number of para-hydroxylation sites is 1. The zero-order valence-corrected chi connectivity index (χ0v) is 20.7. The number of hydrogen-bond donors (Lipinski definition) is 1. The van der Waals surface area contributed by atoms with Crippen molar-refractivity contribution in [2.24, 2.45) is 5.92 Å². The van der Waals surface area contributed by atoms with E-state index in [1.54, 1.807) is 23.1 Å². The zero-order chi connectivity index (χ0) is 26.1. The number of anilines is 1. The van der Waals surface area contributed by atoms with E-state index in [0.717, 1.165) is 11.1 Å². The number of fused-ring (bicyclic) bond motifs is 2. The molecular formula is C33H26N2O3. The molecule has 3 atom stereocenters. The second-order valence-electron chi connectivity index (χ2n) is 9.68. The van der Waals surface area contributed by atoms with Crippen molar-refractivity contribution in [1.29, 1.82) is 0 Å². The van der Waals surface area contributed by atoms with Gasteiger partial charge in [0.2, 0.25) is 5.91 Å². The molecule has 0 aromatic heterocycles. The molecule has 4 aromatic carbocycles. The quantitative estimate of drug-likeness (QED) is 0.285. The molecule has 0 aliphatic carbocycles. The van der Waals surface area contributed by atoms with Crippen LogP contribution in [0.5, 0.6) is 0 Å². The highest BCUT2D eigenvalue weighted by molar-refractivity contribution is 6.14. The van der Waals surface area contributed by atoms with Crippen LogP contribution in [0.2, 0.25) is 0 Å². The number of ketones is 1. The molecule has 1 N–H and O–H groups in total. The first-order valence-electron chi connectivity index (χ1n) is 12.7. The minimum absolute atomic E-state index is 0.159. The number of carbonyl (C=O) groups is 3. The predicted molar refractivity (Wildman–Crippen MR) is 147 cm³/mol. The summed E-state index contributed by atoms with van der Waals surface area (Å²) in [7, 11) is 0. The van der Waals surface area contributed by atoms with E-state index in [-0.39, 0.29) is 30.1 Å². The summed E-state index contributed by atoms with van der Waals surface area (Å²) in [6.45, 7) is 0.229. The molecule has 6 rings (SSSR count). The Morgan fingerprint density at radius 3 is 2.11 bits per heavy atom. The summed E-state index contributed by atoms with van der Waals surface area (Å²) >= 11 is 0. The lowest BCUT2D eigenvalue weighted by molar-refractivity contribution is -0.140. The van der Waals surface area contributed by atoms with Crippen LogP contribution in [-0.4, -0.2) is 29.0 Å². The molecule has 2 aliphatic heterocycles. The maximum absolute atomic E-state index is 14.4. The molecule has 5 nitrogen and oxygen atoms in total. The average Bonchev–Trinajstić information content (AvgIpc) is 3.48. The van der Waals surface area contributed by atoms with Crippen LogP contribution in [-0.2, 0) is 15.1 Å². The number of amides is 2. The van der Waals surface area contributed by atoms with Crippen molar-refractivity contribution in [2.45, 2.75) is 11.5 Å². The fourth-order valence-electron chi connectivity index (χ4n) is 5.98. The summed E-state index contributed by atoms with van der Waals surface area (Å²) in [6, 6.07) is 35.7. The van der Waals surface area contributed by atoms with Crippen LogP contribution < -0.4 is 5.32 Å². The van der Waals surface area contributed by atoms with Crippen LogP contribution in [0.15, 0.2) is 121 Å². The van der Waals surface area contributed by atoms with Gasteiger partial charge >= 0.3 is 0 Å². The average molecular weight is 499 g/mol. The molecule has 1 spiro atoms. The normalized spacial score (nSPS) is 22.0. The van der Waals surface area contributed by atoms with Gasteiger partial charge in [0.25, 0.3) is 5.91 Å². The molecule has 0 saturated carbocycles. The first kappa shape index (κ1) is 23.6. The molecule has 2 heterocycles. The van der Waals surface area contributed by atoms with Crippen molar-refractivity contribution in [1.82, 2.24) is 4.90 Å². The number of likely N-dealkylation sites (tertiary alicyclic amines) is 1. The number of Topliss-reactive ketones (excluding diaryl/α,β-unsaturated/α-hetero) is 1. The van der Waals surface area contributed by atoms with Gasteiger partial charge in [0, 0.05) is 35.4 Å². The topological polar surface area (TPSA) is 66.5 Å². The molecule has 4 aromatic rings. The van der Waals surface area contributed by atoms with Crippen molar-refractivity contribution in [2.75, 3.05) is 11.9 Å². The molecule has 5 heteroatoms. The number of nitrogens with one attached hydrogen (secondary N) is 1. The Morgan fingerprint density at radius 2 is 1.39 bits per heavy atom. The molecule has 186 valence electrons. The molecule has 2 amide bonds.